The van der Waals surface area contributed by atoms with Crippen LogP contribution < -0.4 is 5.73 Å². The lowest BCUT2D eigenvalue weighted by Gasteiger charge is -2.41. The van der Waals surface area contributed by atoms with E-state index in [0.29, 0.717) is 24.6 Å². The maximum absolute atomic E-state index is 12.3. The molecule has 0 bridgehead atoms. The van der Waals surface area contributed by atoms with Crippen LogP contribution in [0.3, 0.4) is 0 Å². The number of nitrogens with zero attached hydrogens (tertiary/aromatic N) is 1. The van der Waals surface area contributed by atoms with E-state index in [1.807, 2.05) is 27.7 Å². The maximum Gasteiger partial charge on any atom is 0.230 e. The summed E-state index contributed by atoms with van der Waals surface area (Å²) in [7, 11) is -0.751. The molecule has 1 fully saturated rings. The summed E-state index contributed by atoms with van der Waals surface area (Å²) in [6.45, 7) is 8.66. The van der Waals surface area contributed by atoms with Crippen LogP contribution in [-0.2, 0) is 15.6 Å². The molecule has 4 nitrogen and oxygen atoms in total. The molecule has 0 unspecified atom stereocenters. The monoisotopic (exact) mass is 246 g/mol. The predicted octanol–water partition coefficient (Wildman–Crippen LogP) is 0.341. The molecular weight excluding hydrogens is 224 g/mol. The first kappa shape index (κ1) is 13.6. The van der Waals surface area contributed by atoms with E-state index in [2.05, 4.69) is 0 Å². The lowest BCUT2D eigenvalue weighted by Crippen LogP contribution is -2.58. The van der Waals surface area contributed by atoms with Crippen LogP contribution in [0.25, 0.3) is 0 Å². The molecule has 1 rings (SSSR count). The molecule has 0 aromatic carbocycles. The van der Waals surface area contributed by atoms with Crippen molar-refractivity contribution in [3.8, 4) is 0 Å². The summed E-state index contributed by atoms with van der Waals surface area (Å²) in [6, 6.07) is 0. The van der Waals surface area contributed by atoms with Gasteiger partial charge in [-0.1, -0.05) is 0 Å². The molecule has 1 saturated heterocycles. The standard InChI is InChI=1S/C11H22N2O2S/c1-10(2,11(3,4)12)9(14)13-5-7-16(15)8-6-13/h5-8,12H2,1-4H3. The zero-order valence-corrected chi connectivity index (χ0v) is 11.4. The molecule has 0 spiro atoms. The van der Waals surface area contributed by atoms with Crippen molar-refractivity contribution >= 4 is 16.7 Å². The van der Waals surface area contributed by atoms with Crippen LogP contribution in [-0.4, -0.2) is 45.2 Å². The minimum absolute atomic E-state index is 0.0664. The first-order valence-electron chi connectivity index (χ1n) is 5.59. The molecule has 0 aromatic rings. The predicted molar refractivity (Wildman–Crippen MR) is 66.5 cm³/mol. The van der Waals surface area contributed by atoms with Crippen molar-refractivity contribution in [2.75, 3.05) is 24.6 Å². The zero-order valence-electron chi connectivity index (χ0n) is 10.6. The van der Waals surface area contributed by atoms with Crippen LogP contribution in [0.1, 0.15) is 27.7 Å². The van der Waals surface area contributed by atoms with E-state index >= 15 is 0 Å². The van der Waals surface area contributed by atoms with Crippen molar-refractivity contribution in [3.05, 3.63) is 0 Å². The third kappa shape index (κ3) is 2.63. The highest BCUT2D eigenvalue weighted by molar-refractivity contribution is 7.85. The van der Waals surface area contributed by atoms with Crippen LogP contribution in [0.15, 0.2) is 0 Å². The Morgan fingerprint density at radius 2 is 1.62 bits per heavy atom. The zero-order chi connectivity index (χ0) is 12.6. The molecule has 1 heterocycles. The van der Waals surface area contributed by atoms with Crippen LogP contribution in [0.5, 0.6) is 0 Å². The molecule has 1 amide bonds. The lowest BCUT2D eigenvalue weighted by molar-refractivity contribution is -0.143. The van der Waals surface area contributed by atoms with Crippen molar-refractivity contribution in [1.82, 2.24) is 4.90 Å². The molecule has 0 atom stereocenters. The van der Waals surface area contributed by atoms with Gasteiger partial charge in [0.2, 0.25) is 5.91 Å². The minimum atomic E-state index is -0.751. The number of amides is 1. The number of nitrogens with two attached hydrogens (primary N) is 1. The highest BCUT2D eigenvalue weighted by atomic mass is 32.2. The van der Waals surface area contributed by atoms with E-state index < -0.39 is 21.8 Å². The van der Waals surface area contributed by atoms with Crippen LogP contribution in [0.4, 0.5) is 0 Å². The third-order valence-electron chi connectivity index (χ3n) is 3.61. The SMILES string of the molecule is CC(C)(N)C(C)(C)C(=O)N1CCS(=O)CC1. The smallest absolute Gasteiger partial charge is 0.230 e. The number of hydrogen-bond donors (Lipinski definition) is 1. The van der Waals surface area contributed by atoms with E-state index in [9.17, 15) is 9.00 Å². The van der Waals surface area contributed by atoms with Gasteiger partial charge in [0.25, 0.3) is 0 Å². The molecule has 0 radical (unpaired) electrons. The second-order valence-corrected chi connectivity index (χ2v) is 7.18. The Hall–Kier alpha value is -0.420. The van der Waals surface area contributed by atoms with E-state index in [0.717, 1.165) is 0 Å². The van der Waals surface area contributed by atoms with Crippen molar-refractivity contribution in [1.29, 1.82) is 0 Å². The van der Waals surface area contributed by atoms with Gasteiger partial charge in [-0.05, 0) is 27.7 Å². The number of rotatable bonds is 2. The van der Waals surface area contributed by atoms with Gasteiger partial charge in [0.15, 0.2) is 0 Å². The van der Waals surface area contributed by atoms with Crippen LogP contribution in [0, 0.1) is 5.41 Å². The molecule has 16 heavy (non-hydrogen) atoms. The summed E-state index contributed by atoms with van der Waals surface area (Å²) in [4.78, 5) is 14.1. The Morgan fingerprint density at radius 1 is 1.19 bits per heavy atom. The van der Waals surface area contributed by atoms with Gasteiger partial charge in [0.05, 0.1) is 5.41 Å². The van der Waals surface area contributed by atoms with Gasteiger partial charge in [-0.25, -0.2) is 0 Å². The van der Waals surface area contributed by atoms with E-state index in [1.54, 1.807) is 4.90 Å². The summed E-state index contributed by atoms with van der Waals surface area (Å²) in [5.74, 6) is 1.25. The van der Waals surface area contributed by atoms with Crippen LogP contribution >= 0.6 is 0 Å². The van der Waals surface area contributed by atoms with Gasteiger partial charge in [0.1, 0.15) is 0 Å². The minimum Gasteiger partial charge on any atom is -0.340 e. The van der Waals surface area contributed by atoms with Gasteiger partial charge in [-0.2, -0.15) is 0 Å². The molecule has 1 aliphatic heterocycles. The molecular formula is C11H22N2O2S. The number of carbonyl (C=O) groups is 1. The highest BCUT2D eigenvalue weighted by Crippen LogP contribution is 2.30. The highest BCUT2D eigenvalue weighted by Gasteiger charge is 2.43. The normalized spacial score (nSPS) is 19.9. The van der Waals surface area contributed by atoms with Crippen molar-refractivity contribution in [3.63, 3.8) is 0 Å². The Bertz CT molecular complexity index is 298. The Labute approximate surface area is 100 Å². The Morgan fingerprint density at radius 3 is 2.00 bits per heavy atom. The van der Waals surface area contributed by atoms with E-state index in [-0.39, 0.29) is 5.91 Å². The molecule has 0 saturated carbocycles. The van der Waals surface area contributed by atoms with Gasteiger partial charge >= 0.3 is 0 Å². The summed E-state index contributed by atoms with van der Waals surface area (Å²) in [6.07, 6.45) is 0. The van der Waals surface area contributed by atoms with Crippen molar-refractivity contribution < 1.29 is 9.00 Å². The van der Waals surface area contributed by atoms with Gasteiger partial charge in [0, 0.05) is 40.9 Å². The average Bonchev–Trinajstić information content (AvgIpc) is 2.16. The second-order valence-electron chi connectivity index (χ2n) is 5.49. The fourth-order valence-corrected chi connectivity index (χ4v) is 2.56. The summed E-state index contributed by atoms with van der Waals surface area (Å²) >= 11 is 0. The number of hydrogen-bond acceptors (Lipinski definition) is 3. The van der Waals surface area contributed by atoms with Crippen LogP contribution in [0.2, 0.25) is 0 Å². The Kier molecular flexibility index (Phi) is 3.80. The van der Waals surface area contributed by atoms with Gasteiger partial charge in [-0.15, -0.1) is 0 Å². The quantitative estimate of drug-likeness (QED) is 0.764. The van der Waals surface area contributed by atoms with Crippen molar-refractivity contribution in [2.24, 2.45) is 11.1 Å². The third-order valence-corrected chi connectivity index (χ3v) is 4.89. The summed E-state index contributed by atoms with van der Waals surface area (Å²) in [5, 5.41) is 0. The van der Waals surface area contributed by atoms with Gasteiger partial charge < -0.3 is 10.6 Å². The largest absolute Gasteiger partial charge is 0.340 e. The lowest BCUT2D eigenvalue weighted by atomic mass is 9.74. The fourth-order valence-electron chi connectivity index (χ4n) is 1.51. The molecule has 2 N–H and O–H groups in total. The van der Waals surface area contributed by atoms with E-state index in [4.69, 9.17) is 5.73 Å². The maximum atomic E-state index is 12.3. The van der Waals surface area contributed by atoms with Gasteiger partial charge in [-0.3, -0.25) is 9.00 Å². The molecule has 94 valence electrons. The van der Waals surface area contributed by atoms with Crippen molar-refractivity contribution in [2.45, 2.75) is 33.2 Å². The number of carbonyl (C=O) groups excluding carboxylic acids is 1. The molecule has 0 aromatic heterocycles. The fraction of sp³-hybridized carbons (Fsp3) is 0.909. The average molecular weight is 246 g/mol. The Balaban J connectivity index is 2.75. The molecule has 5 heteroatoms. The summed E-state index contributed by atoms with van der Waals surface area (Å²) < 4.78 is 11.2. The second kappa shape index (κ2) is 4.45. The van der Waals surface area contributed by atoms with E-state index in [1.165, 1.54) is 0 Å². The topological polar surface area (TPSA) is 63.4 Å². The molecule has 1 aliphatic rings. The first-order valence-corrected chi connectivity index (χ1v) is 7.08. The summed E-state index contributed by atoms with van der Waals surface area (Å²) in [5.41, 5.74) is 4.89. The molecule has 0 aliphatic carbocycles. The first-order chi connectivity index (χ1) is 7.16.